The van der Waals surface area contributed by atoms with Gasteiger partial charge in [0.1, 0.15) is 0 Å². The highest BCUT2D eigenvalue weighted by Crippen LogP contribution is 2.19. The van der Waals surface area contributed by atoms with E-state index in [1.807, 2.05) is 0 Å². The number of allylic oxidation sites excluding steroid dienone is 1. The van der Waals surface area contributed by atoms with Crippen molar-refractivity contribution in [3.63, 3.8) is 0 Å². The van der Waals surface area contributed by atoms with Gasteiger partial charge in [-0.15, -0.1) is 0 Å². The van der Waals surface area contributed by atoms with Crippen LogP contribution in [0.1, 0.15) is 71.1 Å². The van der Waals surface area contributed by atoms with E-state index >= 15 is 0 Å². The second-order valence-electron chi connectivity index (χ2n) is 5.98. The summed E-state index contributed by atoms with van der Waals surface area (Å²) in [5.41, 5.74) is 2.25. The van der Waals surface area contributed by atoms with Gasteiger partial charge in [-0.25, -0.2) is 0 Å². The molecule has 22 heavy (non-hydrogen) atoms. The normalized spacial score (nSPS) is 12.4. The zero-order valence-electron chi connectivity index (χ0n) is 15.4. The number of methoxy groups -OCH3 is 1. The highest BCUT2D eigenvalue weighted by Gasteiger charge is 2.31. The molecule has 0 aliphatic carbocycles. The maximum Gasteiger partial charge on any atom is 0.364 e. The van der Waals surface area contributed by atoms with Gasteiger partial charge < -0.3 is 13.6 Å². The lowest BCUT2D eigenvalue weighted by molar-refractivity contribution is 0.192. The van der Waals surface area contributed by atoms with E-state index in [-0.39, 0.29) is 0 Å². The SMILES string of the molecule is CCCCCCC=C[Si](CCCCCCCOC)(OC)OC. The molecule has 0 aliphatic rings. The number of hydrogen-bond acceptors (Lipinski definition) is 3. The lowest BCUT2D eigenvalue weighted by Crippen LogP contribution is -2.38. The van der Waals surface area contributed by atoms with Crippen LogP contribution in [0.4, 0.5) is 0 Å². The molecule has 4 heteroatoms. The predicted molar refractivity (Wildman–Crippen MR) is 97.4 cm³/mol. The van der Waals surface area contributed by atoms with Crippen LogP contribution in [-0.2, 0) is 13.6 Å². The van der Waals surface area contributed by atoms with Gasteiger partial charge in [0.2, 0.25) is 0 Å². The third-order valence-corrected chi connectivity index (χ3v) is 7.34. The fourth-order valence-corrected chi connectivity index (χ4v) is 4.89. The minimum absolute atomic E-state index is 0.885. The summed E-state index contributed by atoms with van der Waals surface area (Å²) < 4.78 is 16.6. The Balaban J connectivity index is 3.92. The predicted octanol–water partition coefficient (Wildman–Crippen LogP) is 5.38. The van der Waals surface area contributed by atoms with Crippen molar-refractivity contribution in [1.82, 2.24) is 0 Å². The molecule has 0 aromatic carbocycles. The molecule has 0 bridgehead atoms. The molecule has 0 saturated heterocycles. The molecule has 0 rings (SSSR count). The van der Waals surface area contributed by atoms with E-state index in [2.05, 4.69) is 18.7 Å². The maximum absolute atomic E-state index is 5.77. The molecule has 0 amide bonds. The first-order valence-electron chi connectivity index (χ1n) is 9.01. The molecule has 0 unspecified atom stereocenters. The van der Waals surface area contributed by atoms with Crippen LogP contribution in [0, 0.1) is 0 Å². The molecule has 3 nitrogen and oxygen atoms in total. The Kier molecular flexibility index (Phi) is 15.6. The van der Waals surface area contributed by atoms with Gasteiger partial charge >= 0.3 is 8.56 Å². The summed E-state index contributed by atoms with van der Waals surface area (Å²) in [6.45, 7) is 3.13. The van der Waals surface area contributed by atoms with Gasteiger partial charge in [0.25, 0.3) is 0 Å². The number of ether oxygens (including phenoxy) is 1. The topological polar surface area (TPSA) is 27.7 Å². The highest BCUT2D eigenvalue weighted by atomic mass is 28.4. The Morgan fingerprint density at radius 2 is 1.41 bits per heavy atom. The quantitative estimate of drug-likeness (QED) is 0.281. The standard InChI is InChI=1S/C18H38O3Si/c1-5-6-7-8-11-14-17-22(20-3,21-4)18-15-12-9-10-13-16-19-2/h14,17H,5-13,15-16,18H2,1-4H3. The Labute approximate surface area is 139 Å². The summed E-state index contributed by atoms with van der Waals surface area (Å²) >= 11 is 0. The van der Waals surface area contributed by atoms with Crippen LogP contribution >= 0.6 is 0 Å². The second kappa shape index (κ2) is 15.7. The summed E-state index contributed by atoms with van der Waals surface area (Å²) in [4.78, 5) is 0. The molecule has 0 N–H and O–H groups in total. The van der Waals surface area contributed by atoms with Crippen LogP contribution in [0.5, 0.6) is 0 Å². The Morgan fingerprint density at radius 1 is 0.773 bits per heavy atom. The molecule has 0 aromatic rings. The number of unbranched alkanes of at least 4 members (excludes halogenated alkanes) is 8. The highest BCUT2D eigenvalue weighted by molar-refractivity contribution is 6.72. The summed E-state index contributed by atoms with van der Waals surface area (Å²) in [7, 11) is 3.28. The molecule has 0 atom stereocenters. The smallest absolute Gasteiger partial charge is 0.364 e. The monoisotopic (exact) mass is 330 g/mol. The Bertz CT molecular complexity index is 253. The van der Waals surface area contributed by atoms with E-state index < -0.39 is 8.56 Å². The fraction of sp³-hybridized carbons (Fsp3) is 0.889. The van der Waals surface area contributed by atoms with Crippen LogP contribution < -0.4 is 0 Å². The lowest BCUT2D eigenvalue weighted by Gasteiger charge is -2.24. The fourth-order valence-electron chi connectivity index (χ4n) is 2.61. The van der Waals surface area contributed by atoms with Crippen molar-refractivity contribution in [3.8, 4) is 0 Å². The van der Waals surface area contributed by atoms with Gasteiger partial charge in [-0.3, -0.25) is 0 Å². The van der Waals surface area contributed by atoms with Crippen molar-refractivity contribution in [2.45, 2.75) is 77.2 Å². The zero-order valence-corrected chi connectivity index (χ0v) is 16.4. The maximum atomic E-state index is 5.77. The summed E-state index contributed by atoms with van der Waals surface area (Å²) in [5, 5.41) is 0. The van der Waals surface area contributed by atoms with Gasteiger partial charge in [-0.05, 0) is 31.0 Å². The first-order valence-corrected chi connectivity index (χ1v) is 11.1. The van der Waals surface area contributed by atoms with Gasteiger partial charge in [0, 0.05) is 27.9 Å². The van der Waals surface area contributed by atoms with Crippen molar-refractivity contribution in [1.29, 1.82) is 0 Å². The third-order valence-electron chi connectivity index (χ3n) is 4.16. The van der Waals surface area contributed by atoms with E-state index in [4.69, 9.17) is 13.6 Å². The largest absolute Gasteiger partial charge is 0.395 e. The average molecular weight is 331 g/mol. The van der Waals surface area contributed by atoms with Crippen molar-refractivity contribution >= 4 is 8.56 Å². The van der Waals surface area contributed by atoms with Crippen molar-refractivity contribution in [2.75, 3.05) is 27.9 Å². The van der Waals surface area contributed by atoms with Gasteiger partial charge in [-0.1, -0.05) is 57.9 Å². The molecular formula is C18H38O3Si. The van der Waals surface area contributed by atoms with Crippen LogP contribution in [0.2, 0.25) is 6.04 Å². The second-order valence-corrected chi connectivity index (χ2v) is 9.26. The molecule has 0 heterocycles. The molecule has 132 valence electrons. The van der Waals surface area contributed by atoms with Gasteiger partial charge in [-0.2, -0.15) is 0 Å². The third kappa shape index (κ3) is 11.4. The zero-order chi connectivity index (χ0) is 16.5. The van der Waals surface area contributed by atoms with Crippen molar-refractivity contribution in [3.05, 3.63) is 11.8 Å². The molecule has 0 spiro atoms. The van der Waals surface area contributed by atoms with Crippen LogP contribution in [0.15, 0.2) is 11.8 Å². The first kappa shape index (κ1) is 21.8. The molecular weight excluding hydrogens is 292 g/mol. The van der Waals surface area contributed by atoms with Crippen LogP contribution in [0.3, 0.4) is 0 Å². The Hall–Kier alpha value is -0.163. The number of rotatable bonds is 16. The molecule has 0 radical (unpaired) electrons. The van der Waals surface area contributed by atoms with Crippen molar-refractivity contribution < 1.29 is 13.6 Å². The minimum Gasteiger partial charge on any atom is -0.395 e. The average Bonchev–Trinajstić information content (AvgIpc) is 2.55. The van der Waals surface area contributed by atoms with E-state index in [0.29, 0.717) is 0 Å². The van der Waals surface area contributed by atoms with Crippen LogP contribution in [0.25, 0.3) is 0 Å². The van der Waals surface area contributed by atoms with Gasteiger partial charge in [0.15, 0.2) is 0 Å². The van der Waals surface area contributed by atoms with Crippen molar-refractivity contribution in [2.24, 2.45) is 0 Å². The lowest BCUT2D eigenvalue weighted by atomic mass is 10.2. The minimum atomic E-state index is -2.09. The summed E-state index contributed by atoms with van der Waals surface area (Å²) in [6, 6.07) is 1.07. The van der Waals surface area contributed by atoms with E-state index in [0.717, 1.165) is 19.1 Å². The molecule has 0 aromatic heterocycles. The molecule has 0 fully saturated rings. The van der Waals surface area contributed by atoms with E-state index in [1.54, 1.807) is 21.3 Å². The van der Waals surface area contributed by atoms with Gasteiger partial charge in [0.05, 0.1) is 0 Å². The van der Waals surface area contributed by atoms with E-state index in [9.17, 15) is 0 Å². The molecule has 0 aliphatic heterocycles. The van der Waals surface area contributed by atoms with E-state index in [1.165, 1.54) is 57.8 Å². The first-order chi connectivity index (χ1) is 10.7. The number of hydrogen-bond donors (Lipinski definition) is 0. The van der Waals surface area contributed by atoms with Crippen LogP contribution in [-0.4, -0.2) is 36.5 Å². The Morgan fingerprint density at radius 3 is 2.05 bits per heavy atom. The summed E-state index contributed by atoms with van der Waals surface area (Å²) in [5.74, 6) is 0. The molecule has 0 saturated carbocycles. The summed E-state index contributed by atoms with van der Waals surface area (Å²) in [6.07, 6.45) is 14.8.